The quantitative estimate of drug-likeness (QED) is 0.683. The third-order valence-corrected chi connectivity index (χ3v) is 6.99. The fourth-order valence-electron chi connectivity index (χ4n) is 4.49. The molecule has 3 heterocycles. The van der Waals surface area contributed by atoms with Crippen molar-refractivity contribution in [2.45, 2.75) is 38.0 Å². The molecule has 0 amide bonds. The molecule has 0 bridgehead atoms. The average molecular weight is 428 g/mol. The Balaban J connectivity index is 1.36. The molecule has 162 valence electrons. The maximum atomic E-state index is 11.0. The highest BCUT2D eigenvalue weighted by Gasteiger charge is 2.34. The van der Waals surface area contributed by atoms with E-state index in [2.05, 4.69) is 39.2 Å². The SMILES string of the molecule is CSCCCN1CCOc2ccc(CN3CCC(O)(c4cccnc4)CC3)cc2C1. The number of ether oxygens (including phenoxy) is 1. The van der Waals surface area contributed by atoms with Gasteiger partial charge in [0, 0.05) is 56.2 Å². The minimum Gasteiger partial charge on any atom is -0.492 e. The van der Waals surface area contributed by atoms with E-state index >= 15 is 0 Å². The standard InChI is InChI=1S/C24H33N3O2S/c1-30-15-3-10-26-13-14-29-23-6-5-20(16-21(23)19-26)18-27-11-7-24(28,8-12-27)22-4-2-9-25-17-22/h2,4-6,9,16-17,28H,3,7-8,10-15,18-19H2,1H3. The molecule has 2 aliphatic rings. The molecule has 1 saturated heterocycles. The van der Waals surface area contributed by atoms with Gasteiger partial charge in [0.25, 0.3) is 0 Å². The van der Waals surface area contributed by atoms with Crippen LogP contribution in [0.1, 0.15) is 36.0 Å². The summed E-state index contributed by atoms with van der Waals surface area (Å²) in [5.41, 5.74) is 2.82. The Hall–Kier alpha value is -1.60. The van der Waals surface area contributed by atoms with Crippen LogP contribution in [-0.4, -0.2) is 64.7 Å². The van der Waals surface area contributed by atoms with Crippen LogP contribution in [0.25, 0.3) is 0 Å². The number of benzene rings is 1. The summed E-state index contributed by atoms with van der Waals surface area (Å²) in [5, 5.41) is 11.0. The van der Waals surface area contributed by atoms with Crippen molar-refractivity contribution >= 4 is 11.8 Å². The van der Waals surface area contributed by atoms with Crippen LogP contribution in [0.4, 0.5) is 0 Å². The molecule has 1 aromatic heterocycles. The lowest BCUT2D eigenvalue weighted by atomic mass is 9.85. The second-order valence-electron chi connectivity index (χ2n) is 8.46. The van der Waals surface area contributed by atoms with E-state index in [0.29, 0.717) is 0 Å². The summed E-state index contributed by atoms with van der Waals surface area (Å²) in [5.74, 6) is 2.25. The van der Waals surface area contributed by atoms with Crippen LogP contribution in [0, 0.1) is 0 Å². The number of aliphatic hydroxyl groups is 1. The molecular weight excluding hydrogens is 394 g/mol. The predicted octanol–water partition coefficient (Wildman–Crippen LogP) is 3.51. The Labute approximate surface area is 184 Å². The van der Waals surface area contributed by atoms with Crippen molar-refractivity contribution in [2.75, 3.05) is 44.8 Å². The van der Waals surface area contributed by atoms with E-state index < -0.39 is 5.60 Å². The van der Waals surface area contributed by atoms with Gasteiger partial charge in [0.2, 0.25) is 0 Å². The Kier molecular flexibility index (Phi) is 7.31. The molecule has 0 radical (unpaired) electrons. The first-order valence-electron chi connectivity index (χ1n) is 11.0. The largest absolute Gasteiger partial charge is 0.492 e. The molecule has 4 rings (SSSR count). The summed E-state index contributed by atoms with van der Waals surface area (Å²) in [6.07, 6.45) is 8.45. The first-order chi connectivity index (χ1) is 14.7. The molecule has 5 nitrogen and oxygen atoms in total. The third-order valence-electron chi connectivity index (χ3n) is 6.30. The van der Waals surface area contributed by atoms with E-state index in [9.17, 15) is 5.11 Å². The Morgan fingerprint density at radius 3 is 2.80 bits per heavy atom. The smallest absolute Gasteiger partial charge is 0.123 e. The number of piperidine rings is 1. The van der Waals surface area contributed by atoms with Crippen LogP contribution >= 0.6 is 11.8 Å². The topological polar surface area (TPSA) is 48.8 Å². The second kappa shape index (κ2) is 10.1. The van der Waals surface area contributed by atoms with E-state index in [1.807, 2.05) is 23.9 Å². The van der Waals surface area contributed by atoms with E-state index in [-0.39, 0.29) is 0 Å². The molecule has 0 unspecified atom stereocenters. The average Bonchev–Trinajstić information content (AvgIpc) is 2.98. The summed E-state index contributed by atoms with van der Waals surface area (Å²) in [6.45, 7) is 6.57. The van der Waals surface area contributed by atoms with E-state index in [1.54, 1.807) is 12.4 Å². The van der Waals surface area contributed by atoms with Gasteiger partial charge in [-0.3, -0.25) is 14.8 Å². The first-order valence-corrected chi connectivity index (χ1v) is 12.4. The number of hydrogen-bond acceptors (Lipinski definition) is 6. The highest BCUT2D eigenvalue weighted by atomic mass is 32.2. The number of fused-ring (bicyclic) bond motifs is 1. The minimum atomic E-state index is -0.746. The Morgan fingerprint density at radius 1 is 1.17 bits per heavy atom. The number of rotatable bonds is 7. The van der Waals surface area contributed by atoms with E-state index in [1.165, 1.54) is 23.3 Å². The lowest BCUT2D eigenvalue weighted by Crippen LogP contribution is -2.42. The van der Waals surface area contributed by atoms with Gasteiger partial charge in [-0.15, -0.1) is 0 Å². The van der Waals surface area contributed by atoms with Crippen LogP contribution in [-0.2, 0) is 18.7 Å². The van der Waals surface area contributed by atoms with Crippen molar-refractivity contribution < 1.29 is 9.84 Å². The Morgan fingerprint density at radius 2 is 2.03 bits per heavy atom. The zero-order valence-corrected chi connectivity index (χ0v) is 18.7. The van der Waals surface area contributed by atoms with Crippen molar-refractivity contribution in [1.29, 1.82) is 0 Å². The minimum absolute atomic E-state index is 0.746. The highest BCUT2D eigenvalue weighted by Crippen LogP contribution is 2.33. The van der Waals surface area contributed by atoms with Crippen LogP contribution in [0.15, 0.2) is 42.7 Å². The van der Waals surface area contributed by atoms with Crippen molar-refractivity contribution in [1.82, 2.24) is 14.8 Å². The van der Waals surface area contributed by atoms with Crippen molar-refractivity contribution in [3.05, 3.63) is 59.4 Å². The van der Waals surface area contributed by atoms with Gasteiger partial charge in [-0.1, -0.05) is 12.1 Å². The number of thioether (sulfide) groups is 1. The molecule has 1 aromatic carbocycles. The normalized spacial score (nSPS) is 19.7. The number of hydrogen-bond donors (Lipinski definition) is 1. The molecule has 0 atom stereocenters. The molecule has 1 fully saturated rings. The van der Waals surface area contributed by atoms with E-state index in [4.69, 9.17) is 4.74 Å². The van der Waals surface area contributed by atoms with Crippen molar-refractivity contribution in [3.8, 4) is 5.75 Å². The monoisotopic (exact) mass is 427 g/mol. The van der Waals surface area contributed by atoms with E-state index in [0.717, 1.165) is 70.0 Å². The van der Waals surface area contributed by atoms with Crippen LogP contribution in [0.2, 0.25) is 0 Å². The first kappa shape index (κ1) is 21.6. The number of nitrogens with zero attached hydrogens (tertiary/aromatic N) is 3. The number of pyridine rings is 1. The molecule has 2 aromatic rings. The lowest BCUT2D eigenvalue weighted by Gasteiger charge is -2.38. The number of aromatic nitrogens is 1. The summed E-state index contributed by atoms with van der Waals surface area (Å²) in [4.78, 5) is 9.14. The maximum Gasteiger partial charge on any atom is 0.123 e. The van der Waals surface area contributed by atoms with Gasteiger partial charge >= 0.3 is 0 Å². The molecule has 0 aliphatic carbocycles. The molecule has 2 aliphatic heterocycles. The van der Waals surface area contributed by atoms with Crippen LogP contribution < -0.4 is 4.74 Å². The molecule has 6 heteroatoms. The summed E-state index contributed by atoms with van der Waals surface area (Å²) >= 11 is 1.92. The fourth-order valence-corrected chi connectivity index (χ4v) is 4.91. The zero-order valence-electron chi connectivity index (χ0n) is 17.9. The zero-order chi connectivity index (χ0) is 20.8. The second-order valence-corrected chi connectivity index (χ2v) is 9.45. The molecular formula is C24H33N3O2S. The third kappa shape index (κ3) is 5.35. The molecule has 0 spiro atoms. The summed E-state index contributed by atoms with van der Waals surface area (Å²) < 4.78 is 6.01. The highest BCUT2D eigenvalue weighted by molar-refractivity contribution is 7.98. The summed E-state index contributed by atoms with van der Waals surface area (Å²) in [7, 11) is 0. The maximum absolute atomic E-state index is 11.0. The number of likely N-dealkylation sites (tertiary alicyclic amines) is 1. The van der Waals surface area contributed by atoms with Gasteiger partial charge in [-0.2, -0.15) is 11.8 Å². The molecule has 0 saturated carbocycles. The van der Waals surface area contributed by atoms with Crippen LogP contribution in [0.5, 0.6) is 5.75 Å². The van der Waals surface area contributed by atoms with Crippen molar-refractivity contribution in [2.24, 2.45) is 0 Å². The van der Waals surface area contributed by atoms with Gasteiger partial charge in [0.1, 0.15) is 12.4 Å². The Bertz CT molecular complexity index is 809. The van der Waals surface area contributed by atoms with Gasteiger partial charge in [0.05, 0.1) is 5.60 Å². The summed E-state index contributed by atoms with van der Waals surface area (Å²) in [6, 6.07) is 10.6. The fraction of sp³-hybridized carbons (Fsp3) is 0.542. The van der Waals surface area contributed by atoms with Gasteiger partial charge in [-0.05, 0) is 61.6 Å². The molecule has 30 heavy (non-hydrogen) atoms. The van der Waals surface area contributed by atoms with Crippen molar-refractivity contribution in [3.63, 3.8) is 0 Å². The molecule has 1 N–H and O–H groups in total. The predicted molar refractivity (Wildman–Crippen MR) is 123 cm³/mol. The van der Waals surface area contributed by atoms with Gasteiger partial charge < -0.3 is 9.84 Å². The van der Waals surface area contributed by atoms with Gasteiger partial charge in [-0.25, -0.2) is 0 Å². The van der Waals surface area contributed by atoms with Crippen LogP contribution in [0.3, 0.4) is 0 Å². The van der Waals surface area contributed by atoms with Gasteiger partial charge in [0.15, 0.2) is 0 Å². The lowest BCUT2D eigenvalue weighted by molar-refractivity contribution is -0.0279.